The fourth-order valence-electron chi connectivity index (χ4n) is 3.05. The molecule has 1 atom stereocenters. The Labute approximate surface area is 105 Å². The first-order valence-corrected chi connectivity index (χ1v) is 8.76. The second-order valence-electron chi connectivity index (χ2n) is 5.19. The monoisotopic (exact) mass is 237 g/mol. The van der Waals surface area contributed by atoms with Crippen LogP contribution in [0.2, 0.25) is 13.1 Å². The van der Waals surface area contributed by atoms with Gasteiger partial charge in [-0.1, -0.05) is 61.1 Å². The Morgan fingerprint density at radius 2 is 1.76 bits per heavy atom. The van der Waals surface area contributed by atoms with E-state index in [0.29, 0.717) is 5.54 Å². The van der Waals surface area contributed by atoms with Gasteiger partial charge in [-0.05, 0) is 34.4 Å². The van der Waals surface area contributed by atoms with E-state index in [2.05, 4.69) is 62.5 Å². The molecule has 0 aromatic heterocycles. The lowest BCUT2D eigenvalue weighted by Crippen LogP contribution is -2.15. The molecule has 17 heavy (non-hydrogen) atoms. The fraction of sp³-hybridized carbons (Fsp3) is 0.250. The van der Waals surface area contributed by atoms with Gasteiger partial charge in [0, 0.05) is 0 Å². The van der Waals surface area contributed by atoms with E-state index >= 15 is 0 Å². The second kappa shape index (κ2) is 3.85. The zero-order valence-corrected chi connectivity index (χ0v) is 11.6. The highest BCUT2D eigenvalue weighted by molar-refractivity contribution is 6.58. The number of hydrogen-bond donors (Lipinski definition) is 0. The molecule has 0 N–H and O–H groups in total. The summed E-state index contributed by atoms with van der Waals surface area (Å²) in [6, 6.07) is 13.3. The van der Waals surface area contributed by atoms with Crippen LogP contribution >= 0.6 is 0 Å². The van der Waals surface area contributed by atoms with Crippen molar-refractivity contribution >= 4 is 25.6 Å². The summed E-state index contributed by atoms with van der Waals surface area (Å²) in [7, 11) is -0.309. The van der Waals surface area contributed by atoms with Crippen LogP contribution in [0.4, 0.5) is 0 Å². The van der Waals surface area contributed by atoms with Crippen LogP contribution in [0.3, 0.4) is 0 Å². The average Bonchev–Trinajstić information content (AvgIpc) is 2.65. The Hall–Kier alpha value is -1.34. The molecule has 1 aliphatic rings. The summed E-state index contributed by atoms with van der Waals surface area (Å²) in [6.45, 7) is 7.12. The third kappa shape index (κ3) is 1.57. The SMILES string of the molecule is CC1=Cc2c(ccc3ccccc23)C1[Si](C)C. The van der Waals surface area contributed by atoms with Crippen LogP contribution in [-0.2, 0) is 0 Å². The molecule has 0 saturated heterocycles. The van der Waals surface area contributed by atoms with Crippen LogP contribution in [0, 0.1) is 0 Å². The van der Waals surface area contributed by atoms with Gasteiger partial charge in [0.25, 0.3) is 0 Å². The van der Waals surface area contributed by atoms with Crippen LogP contribution in [-0.4, -0.2) is 8.80 Å². The number of hydrogen-bond acceptors (Lipinski definition) is 0. The van der Waals surface area contributed by atoms with Gasteiger partial charge in [-0.3, -0.25) is 0 Å². The van der Waals surface area contributed by atoms with Crippen molar-refractivity contribution in [3.05, 3.63) is 53.1 Å². The number of fused-ring (bicyclic) bond motifs is 3. The van der Waals surface area contributed by atoms with E-state index in [1.807, 2.05) is 0 Å². The fourth-order valence-corrected chi connectivity index (χ4v) is 4.92. The van der Waals surface area contributed by atoms with Crippen molar-refractivity contribution in [3.8, 4) is 0 Å². The van der Waals surface area contributed by atoms with Crippen LogP contribution < -0.4 is 0 Å². The molecular weight excluding hydrogens is 220 g/mol. The summed E-state index contributed by atoms with van der Waals surface area (Å²) in [5.74, 6) is 0. The van der Waals surface area contributed by atoms with Gasteiger partial charge in [0.15, 0.2) is 0 Å². The molecule has 0 spiro atoms. The van der Waals surface area contributed by atoms with Gasteiger partial charge in [0.2, 0.25) is 0 Å². The third-order valence-electron chi connectivity index (χ3n) is 3.72. The Morgan fingerprint density at radius 1 is 1.00 bits per heavy atom. The van der Waals surface area contributed by atoms with Crippen molar-refractivity contribution in [1.82, 2.24) is 0 Å². The topological polar surface area (TPSA) is 0 Å². The first kappa shape index (κ1) is 10.8. The molecule has 0 aliphatic heterocycles. The smallest absolute Gasteiger partial charge is 0.0551 e. The highest BCUT2D eigenvalue weighted by Crippen LogP contribution is 2.40. The molecule has 1 aliphatic carbocycles. The third-order valence-corrected chi connectivity index (χ3v) is 5.64. The van der Waals surface area contributed by atoms with E-state index in [4.69, 9.17) is 0 Å². The van der Waals surface area contributed by atoms with E-state index in [9.17, 15) is 0 Å². The van der Waals surface area contributed by atoms with E-state index in [0.717, 1.165) is 0 Å². The Morgan fingerprint density at radius 3 is 2.53 bits per heavy atom. The minimum absolute atomic E-state index is 0.309. The molecule has 0 nitrogen and oxygen atoms in total. The van der Waals surface area contributed by atoms with Crippen LogP contribution in [0.25, 0.3) is 16.8 Å². The second-order valence-corrected chi connectivity index (χ2v) is 7.92. The number of rotatable bonds is 1. The average molecular weight is 237 g/mol. The maximum Gasteiger partial charge on any atom is 0.0551 e. The highest BCUT2D eigenvalue weighted by Gasteiger charge is 2.26. The number of benzene rings is 2. The lowest BCUT2D eigenvalue weighted by molar-refractivity contribution is 1.11. The van der Waals surface area contributed by atoms with Gasteiger partial charge in [-0.25, -0.2) is 0 Å². The van der Waals surface area contributed by atoms with Gasteiger partial charge >= 0.3 is 0 Å². The van der Waals surface area contributed by atoms with Crippen molar-refractivity contribution in [1.29, 1.82) is 0 Å². The maximum absolute atomic E-state index is 2.41. The predicted molar refractivity (Wildman–Crippen MR) is 77.8 cm³/mol. The molecule has 1 radical (unpaired) electrons. The molecule has 85 valence electrons. The molecule has 1 heteroatoms. The van der Waals surface area contributed by atoms with Gasteiger partial charge in [0.1, 0.15) is 0 Å². The number of allylic oxidation sites excluding steroid dienone is 1. The van der Waals surface area contributed by atoms with E-state index < -0.39 is 0 Å². The van der Waals surface area contributed by atoms with E-state index in [-0.39, 0.29) is 8.80 Å². The zero-order chi connectivity index (χ0) is 12.0. The lowest BCUT2D eigenvalue weighted by Gasteiger charge is -2.17. The minimum atomic E-state index is -0.309. The van der Waals surface area contributed by atoms with Gasteiger partial charge in [-0.2, -0.15) is 0 Å². The quantitative estimate of drug-likeness (QED) is 0.634. The summed E-state index contributed by atoms with van der Waals surface area (Å²) >= 11 is 0. The Kier molecular flexibility index (Phi) is 2.44. The molecule has 1 unspecified atom stereocenters. The van der Waals surface area contributed by atoms with Gasteiger partial charge in [-0.15, -0.1) is 0 Å². The molecule has 0 fully saturated rings. The van der Waals surface area contributed by atoms with Crippen molar-refractivity contribution in [2.45, 2.75) is 25.6 Å². The van der Waals surface area contributed by atoms with Crippen LogP contribution in [0.5, 0.6) is 0 Å². The summed E-state index contributed by atoms with van der Waals surface area (Å²) in [4.78, 5) is 0. The first-order chi connectivity index (χ1) is 8.18. The highest BCUT2D eigenvalue weighted by atomic mass is 28.3. The largest absolute Gasteiger partial charge is 0.0705 e. The molecular formula is C16H17Si. The lowest BCUT2D eigenvalue weighted by atomic mass is 10.0. The molecule has 3 rings (SSSR count). The van der Waals surface area contributed by atoms with Crippen molar-refractivity contribution in [2.75, 3.05) is 0 Å². The van der Waals surface area contributed by atoms with Gasteiger partial charge < -0.3 is 0 Å². The Balaban J connectivity index is 2.30. The van der Waals surface area contributed by atoms with Crippen molar-refractivity contribution < 1.29 is 0 Å². The van der Waals surface area contributed by atoms with Crippen LogP contribution in [0.15, 0.2) is 42.0 Å². The molecule has 0 saturated carbocycles. The predicted octanol–water partition coefficient (Wildman–Crippen LogP) is 4.63. The molecule has 2 aromatic carbocycles. The summed E-state index contributed by atoms with van der Waals surface area (Å²) in [5, 5.41) is 2.77. The zero-order valence-electron chi connectivity index (χ0n) is 10.6. The van der Waals surface area contributed by atoms with E-state index in [1.54, 1.807) is 11.1 Å². The first-order valence-electron chi connectivity index (χ1n) is 6.18. The van der Waals surface area contributed by atoms with Crippen molar-refractivity contribution in [2.24, 2.45) is 0 Å². The molecule has 0 bridgehead atoms. The van der Waals surface area contributed by atoms with Crippen LogP contribution in [0.1, 0.15) is 23.6 Å². The minimum Gasteiger partial charge on any atom is -0.0705 e. The van der Waals surface area contributed by atoms with Crippen molar-refractivity contribution in [3.63, 3.8) is 0 Å². The molecule has 0 amide bonds. The summed E-state index contributed by atoms with van der Waals surface area (Å²) < 4.78 is 0. The maximum atomic E-state index is 2.41. The van der Waals surface area contributed by atoms with E-state index in [1.165, 1.54) is 16.3 Å². The Bertz CT molecular complexity index is 608. The summed E-state index contributed by atoms with van der Waals surface area (Å²) in [6.07, 6.45) is 2.40. The molecule has 0 heterocycles. The molecule has 2 aromatic rings. The normalized spacial score (nSPS) is 18.6. The standard InChI is InChI=1S/C16H17Si/c1-11-10-15-13-7-5-4-6-12(13)8-9-14(15)16(11)17(2)3/h4-10,16H,1-3H3. The van der Waals surface area contributed by atoms with Gasteiger partial charge in [0.05, 0.1) is 8.80 Å². The summed E-state index contributed by atoms with van der Waals surface area (Å²) in [5.41, 5.74) is 5.28.